The Kier molecular flexibility index (Phi) is 7.59. The van der Waals surface area contributed by atoms with Gasteiger partial charge in [0.2, 0.25) is 11.8 Å². The Hall–Kier alpha value is -3.24. The highest BCUT2D eigenvalue weighted by Crippen LogP contribution is 2.23. The van der Waals surface area contributed by atoms with Gasteiger partial charge in [-0.2, -0.15) is 0 Å². The maximum Gasteiger partial charge on any atom is 0.238 e. The molecule has 1 aliphatic heterocycles. The lowest BCUT2D eigenvalue weighted by Crippen LogP contribution is -2.50. The van der Waals surface area contributed by atoms with Crippen LogP contribution in [0, 0.1) is 12.7 Å². The molecule has 1 aromatic heterocycles. The van der Waals surface area contributed by atoms with Crippen molar-refractivity contribution in [2.75, 3.05) is 43.8 Å². The van der Waals surface area contributed by atoms with E-state index in [-0.39, 0.29) is 29.9 Å². The van der Waals surface area contributed by atoms with Gasteiger partial charge in [-0.3, -0.25) is 14.5 Å². The van der Waals surface area contributed by atoms with Crippen LogP contribution >= 0.6 is 11.8 Å². The van der Waals surface area contributed by atoms with E-state index in [9.17, 15) is 14.0 Å². The third kappa shape index (κ3) is 6.00. The van der Waals surface area contributed by atoms with Crippen molar-refractivity contribution in [2.24, 2.45) is 7.05 Å². The van der Waals surface area contributed by atoms with Crippen LogP contribution in [0.1, 0.15) is 5.56 Å². The first-order valence-corrected chi connectivity index (χ1v) is 12.0. The minimum Gasteiger partial charge on any atom is -0.339 e. The summed E-state index contributed by atoms with van der Waals surface area (Å²) in [6, 6.07) is 13.8. The van der Waals surface area contributed by atoms with Crippen molar-refractivity contribution in [2.45, 2.75) is 12.1 Å². The molecule has 1 saturated heterocycles. The lowest BCUT2D eigenvalue weighted by atomic mass is 10.1. The Morgan fingerprint density at radius 3 is 2.50 bits per heavy atom. The lowest BCUT2D eigenvalue weighted by molar-refractivity contribution is -0.130. The van der Waals surface area contributed by atoms with Crippen LogP contribution in [0.4, 0.5) is 10.1 Å². The monoisotopic (exact) mass is 482 g/mol. The maximum atomic E-state index is 13.0. The zero-order chi connectivity index (χ0) is 24.1. The predicted octanol–water partition coefficient (Wildman–Crippen LogP) is 2.80. The highest BCUT2D eigenvalue weighted by Gasteiger charge is 2.23. The molecule has 0 saturated carbocycles. The average Bonchev–Trinajstić information content (AvgIpc) is 3.19. The minimum atomic E-state index is -0.345. The molecule has 1 N–H and O–H groups in total. The smallest absolute Gasteiger partial charge is 0.238 e. The molecule has 1 fully saturated rings. The molecule has 0 atom stereocenters. The third-order valence-corrected chi connectivity index (χ3v) is 6.66. The Morgan fingerprint density at radius 2 is 1.79 bits per heavy atom. The van der Waals surface area contributed by atoms with Crippen LogP contribution < -0.4 is 5.32 Å². The van der Waals surface area contributed by atoms with Gasteiger partial charge < -0.3 is 14.8 Å². The Labute approximate surface area is 202 Å². The maximum absolute atomic E-state index is 13.0. The summed E-state index contributed by atoms with van der Waals surface area (Å²) in [6.45, 7) is 4.64. The second kappa shape index (κ2) is 10.8. The van der Waals surface area contributed by atoms with Gasteiger partial charge in [0.25, 0.3) is 0 Å². The first kappa shape index (κ1) is 23.9. The lowest BCUT2D eigenvalue weighted by Gasteiger charge is -2.34. The fourth-order valence-electron chi connectivity index (χ4n) is 3.79. The number of anilines is 1. The number of halogens is 1. The van der Waals surface area contributed by atoms with Crippen molar-refractivity contribution in [1.82, 2.24) is 24.6 Å². The number of carbonyl (C=O) groups excluding carboxylic acids is 2. The van der Waals surface area contributed by atoms with Crippen molar-refractivity contribution < 1.29 is 14.0 Å². The standard InChI is InChI=1S/C24H27FN6O2S/c1-17-4-3-5-18(14-17)23-27-28-24(29(23)2)34-16-22(33)31-12-10-30(11-13-31)15-21(32)26-20-8-6-19(25)7-9-20/h3-9,14H,10-13,15-16H2,1-2H3,(H,26,32). The minimum absolute atomic E-state index is 0.0421. The number of aryl methyl sites for hydroxylation is 1. The Bertz CT molecular complexity index is 1160. The summed E-state index contributed by atoms with van der Waals surface area (Å²) in [5, 5.41) is 12.0. The number of hydrogen-bond donors (Lipinski definition) is 1. The topological polar surface area (TPSA) is 83.4 Å². The normalized spacial score (nSPS) is 14.3. The molecule has 2 aromatic carbocycles. The van der Waals surface area contributed by atoms with Gasteiger partial charge in [0.15, 0.2) is 11.0 Å². The van der Waals surface area contributed by atoms with Crippen LogP contribution in [0.15, 0.2) is 53.7 Å². The van der Waals surface area contributed by atoms with Crippen LogP contribution in [-0.4, -0.2) is 74.9 Å². The Balaban J connectivity index is 1.23. The van der Waals surface area contributed by atoms with E-state index in [1.54, 1.807) is 0 Å². The highest BCUT2D eigenvalue weighted by molar-refractivity contribution is 7.99. The molecule has 2 heterocycles. The van der Waals surface area contributed by atoms with Crippen LogP contribution in [0.2, 0.25) is 0 Å². The van der Waals surface area contributed by atoms with Gasteiger partial charge in [-0.05, 0) is 37.3 Å². The molecule has 0 spiro atoms. The molecule has 0 aliphatic carbocycles. The zero-order valence-corrected chi connectivity index (χ0v) is 20.0. The van der Waals surface area contributed by atoms with Crippen LogP contribution in [0.25, 0.3) is 11.4 Å². The summed E-state index contributed by atoms with van der Waals surface area (Å²) in [7, 11) is 1.90. The molecular formula is C24H27FN6O2S. The summed E-state index contributed by atoms with van der Waals surface area (Å²) in [5.74, 6) is 0.591. The summed E-state index contributed by atoms with van der Waals surface area (Å²) in [5.41, 5.74) is 2.70. The fraction of sp³-hybridized carbons (Fsp3) is 0.333. The molecule has 0 bridgehead atoms. The number of piperazine rings is 1. The first-order valence-electron chi connectivity index (χ1n) is 11.0. The average molecular weight is 483 g/mol. The van der Waals surface area contributed by atoms with Crippen molar-refractivity contribution in [1.29, 1.82) is 0 Å². The zero-order valence-electron chi connectivity index (χ0n) is 19.2. The highest BCUT2D eigenvalue weighted by atomic mass is 32.2. The first-order chi connectivity index (χ1) is 16.4. The van der Waals surface area contributed by atoms with Crippen molar-refractivity contribution >= 4 is 29.3 Å². The number of aromatic nitrogens is 3. The molecular weight excluding hydrogens is 455 g/mol. The second-order valence-corrected chi connectivity index (χ2v) is 9.18. The second-order valence-electron chi connectivity index (χ2n) is 8.24. The largest absolute Gasteiger partial charge is 0.339 e. The fourth-order valence-corrected chi connectivity index (χ4v) is 4.60. The van der Waals surface area contributed by atoms with E-state index in [2.05, 4.69) is 21.6 Å². The van der Waals surface area contributed by atoms with E-state index in [1.165, 1.54) is 36.0 Å². The van der Waals surface area contributed by atoms with Gasteiger partial charge in [0, 0.05) is 44.5 Å². The van der Waals surface area contributed by atoms with E-state index in [0.29, 0.717) is 37.0 Å². The van der Waals surface area contributed by atoms with E-state index < -0.39 is 0 Å². The summed E-state index contributed by atoms with van der Waals surface area (Å²) >= 11 is 1.38. The van der Waals surface area contributed by atoms with Gasteiger partial charge in [0.05, 0.1) is 12.3 Å². The molecule has 1 aliphatic rings. The van der Waals surface area contributed by atoms with Gasteiger partial charge in [-0.1, -0.05) is 35.5 Å². The van der Waals surface area contributed by atoms with Crippen molar-refractivity contribution in [3.8, 4) is 11.4 Å². The van der Waals surface area contributed by atoms with Crippen LogP contribution in [-0.2, 0) is 16.6 Å². The van der Waals surface area contributed by atoms with Gasteiger partial charge in [0.1, 0.15) is 5.82 Å². The number of hydrogen-bond acceptors (Lipinski definition) is 6. The van der Waals surface area contributed by atoms with Gasteiger partial charge in [-0.25, -0.2) is 4.39 Å². The van der Waals surface area contributed by atoms with E-state index >= 15 is 0 Å². The Morgan fingerprint density at radius 1 is 1.06 bits per heavy atom. The molecule has 8 nitrogen and oxygen atoms in total. The number of thioether (sulfide) groups is 1. The molecule has 0 radical (unpaired) electrons. The summed E-state index contributed by atoms with van der Waals surface area (Å²) in [6.07, 6.45) is 0. The summed E-state index contributed by atoms with van der Waals surface area (Å²) < 4.78 is 14.9. The van der Waals surface area contributed by atoms with Crippen LogP contribution in [0.3, 0.4) is 0 Å². The van der Waals surface area contributed by atoms with Crippen molar-refractivity contribution in [3.63, 3.8) is 0 Å². The number of nitrogens with zero attached hydrogens (tertiary/aromatic N) is 5. The molecule has 34 heavy (non-hydrogen) atoms. The van der Waals surface area contributed by atoms with Crippen molar-refractivity contribution in [3.05, 3.63) is 59.9 Å². The van der Waals surface area contributed by atoms with Crippen LogP contribution in [0.5, 0.6) is 0 Å². The number of benzene rings is 2. The number of amides is 2. The molecule has 0 unspecified atom stereocenters. The molecule has 10 heteroatoms. The van der Waals surface area contributed by atoms with E-state index in [0.717, 1.165) is 17.0 Å². The van der Waals surface area contributed by atoms with E-state index in [4.69, 9.17) is 0 Å². The molecule has 4 rings (SSSR count). The molecule has 178 valence electrons. The van der Waals surface area contributed by atoms with E-state index in [1.807, 2.05) is 46.5 Å². The quantitative estimate of drug-likeness (QED) is 0.522. The molecule has 3 aromatic rings. The number of carbonyl (C=O) groups is 2. The molecule has 2 amide bonds. The summed E-state index contributed by atoms with van der Waals surface area (Å²) in [4.78, 5) is 28.8. The number of rotatable bonds is 7. The third-order valence-electron chi connectivity index (χ3n) is 5.66. The predicted molar refractivity (Wildman–Crippen MR) is 130 cm³/mol. The SMILES string of the molecule is Cc1cccc(-c2nnc(SCC(=O)N3CCN(CC(=O)Nc4ccc(F)cc4)CC3)n2C)c1. The van der Waals surface area contributed by atoms with Gasteiger partial charge in [-0.15, -0.1) is 10.2 Å². The number of nitrogens with one attached hydrogen (secondary N) is 1. The van der Waals surface area contributed by atoms with Gasteiger partial charge >= 0.3 is 0 Å².